The number of rotatable bonds is 10. The van der Waals surface area contributed by atoms with Crippen LogP contribution in [0.15, 0.2) is 35.7 Å². The Balaban J connectivity index is 1.66. The lowest BCUT2D eigenvalue weighted by Crippen LogP contribution is -2.26. The molecule has 0 spiro atoms. The van der Waals surface area contributed by atoms with E-state index in [9.17, 15) is 9.59 Å². The summed E-state index contributed by atoms with van der Waals surface area (Å²) in [6.45, 7) is 0.583. The van der Waals surface area contributed by atoms with E-state index in [0.29, 0.717) is 19.4 Å². The van der Waals surface area contributed by atoms with Crippen molar-refractivity contribution in [1.82, 2.24) is 10.3 Å². The lowest BCUT2D eigenvalue weighted by atomic mass is 10.2. The smallest absolute Gasteiger partial charge is 0.303 e. The van der Waals surface area contributed by atoms with Crippen molar-refractivity contribution in [3.8, 4) is 0 Å². The van der Waals surface area contributed by atoms with Crippen LogP contribution in [0.5, 0.6) is 0 Å². The van der Waals surface area contributed by atoms with Crippen molar-refractivity contribution in [3.05, 3.63) is 52.0 Å². The molecule has 0 radical (unpaired) electrons. The molecule has 0 saturated carbocycles. The van der Waals surface area contributed by atoms with Crippen LogP contribution in [0.3, 0.4) is 0 Å². The molecule has 0 unspecified atom stereocenters. The molecule has 2 rings (SSSR count). The first-order valence-electron chi connectivity index (χ1n) is 8.09. The maximum Gasteiger partial charge on any atom is 0.303 e. The molecular formula is C18H22N2O3S. The first kappa shape index (κ1) is 18.1. The molecule has 0 aliphatic carbocycles. The standard InChI is InChI=1S/C18H22N2O3S/c21-16(19-10-6-2-5-9-18(22)23)12-15-13-24-17(20-15)11-14-7-3-1-4-8-14/h1,3-4,7-8,13H,2,5-6,9-12H2,(H,19,21)(H,22,23). The van der Waals surface area contributed by atoms with Crippen LogP contribution in [0.25, 0.3) is 0 Å². The number of carbonyl (C=O) groups excluding carboxylic acids is 1. The van der Waals surface area contributed by atoms with Gasteiger partial charge < -0.3 is 10.4 Å². The van der Waals surface area contributed by atoms with Crippen LogP contribution in [-0.2, 0) is 22.4 Å². The molecule has 2 N–H and O–H groups in total. The molecular weight excluding hydrogens is 324 g/mol. The second-order valence-electron chi connectivity index (χ2n) is 5.63. The molecule has 0 saturated heterocycles. The van der Waals surface area contributed by atoms with E-state index in [1.807, 2.05) is 23.6 Å². The van der Waals surface area contributed by atoms with Gasteiger partial charge in [-0.2, -0.15) is 0 Å². The molecule has 5 nitrogen and oxygen atoms in total. The molecule has 1 heterocycles. The normalized spacial score (nSPS) is 10.5. The number of thiazole rings is 1. The van der Waals surface area contributed by atoms with Gasteiger partial charge in [-0.3, -0.25) is 9.59 Å². The number of hydrogen-bond donors (Lipinski definition) is 2. The summed E-state index contributed by atoms with van der Waals surface area (Å²) < 4.78 is 0. The number of unbranched alkanes of at least 4 members (excludes halogenated alkanes) is 2. The number of aliphatic carboxylic acids is 1. The van der Waals surface area contributed by atoms with Gasteiger partial charge in [-0.1, -0.05) is 36.8 Å². The van der Waals surface area contributed by atoms with Crippen LogP contribution in [0.4, 0.5) is 0 Å². The minimum atomic E-state index is -0.770. The fourth-order valence-corrected chi connectivity index (χ4v) is 3.14. The third-order valence-corrected chi connectivity index (χ3v) is 4.43. The molecule has 1 aromatic carbocycles. The van der Waals surface area contributed by atoms with E-state index in [1.165, 1.54) is 5.56 Å². The second kappa shape index (κ2) is 9.82. The van der Waals surface area contributed by atoms with Gasteiger partial charge in [-0.05, 0) is 18.4 Å². The largest absolute Gasteiger partial charge is 0.481 e. The Hall–Kier alpha value is -2.21. The van der Waals surface area contributed by atoms with Crippen molar-refractivity contribution < 1.29 is 14.7 Å². The maximum absolute atomic E-state index is 11.9. The van der Waals surface area contributed by atoms with Crippen molar-refractivity contribution in [2.45, 2.75) is 38.5 Å². The number of carbonyl (C=O) groups is 2. The number of nitrogens with one attached hydrogen (secondary N) is 1. The summed E-state index contributed by atoms with van der Waals surface area (Å²) in [4.78, 5) is 26.8. The van der Waals surface area contributed by atoms with E-state index in [-0.39, 0.29) is 12.3 Å². The van der Waals surface area contributed by atoms with Crippen molar-refractivity contribution in [3.63, 3.8) is 0 Å². The van der Waals surface area contributed by atoms with Crippen molar-refractivity contribution in [2.75, 3.05) is 6.54 Å². The Morgan fingerprint density at radius 2 is 1.92 bits per heavy atom. The van der Waals surface area contributed by atoms with Gasteiger partial charge in [0.2, 0.25) is 5.91 Å². The van der Waals surface area contributed by atoms with Crippen LogP contribution in [0.1, 0.15) is 41.9 Å². The number of benzene rings is 1. The Morgan fingerprint density at radius 3 is 2.67 bits per heavy atom. The number of aromatic nitrogens is 1. The zero-order chi connectivity index (χ0) is 17.2. The van der Waals surface area contributed by atoms with Crippen LogP contribution in [0.2, 0.25) is 0 Å². The topological polar surface area (TPSA) is 79.3 Å². The van der Waals surface area contributed by atoms with Crippen LogP contribution in [0, 0.1) is 0 Å². The predicted molar refractivity (Wildman–Crippen MR) is 94.2 cm³/mol. The van der Waals surface area contributed by atoms with Crippen molar-refractivity contribution in [2.24, 2.45) is 0 Å². The number of carboxylic acids is 1. The molecule has 0 aliphatic heterocycles. The Bertz CT molecular complexity index is 655. The van der Waals surface area contributed by atoms with Gasteiger partial charge >= 0.3 is 5.97 Å². The highest BCUT2D eigenvalue weighted by atomic mass is 32.1. The summed E-state index contributed by atoms with van der Waals surface area (Å²) in [6.07, 6.45) is 3.54. The third-order valence-electron chi connectivity index (χ3n) is 3.53. The van der Waals surface area contributed by atoms with Gasteiger partial charge in [0.15, 0.2) is 0 Å². The first-order valence-corrected chi connectivity index (χ1v) is 8.97. The zero-order valence-electron chi connectivity index (χ0n) is 13.5. The van der Waals surface area contributed by atoms with Crippen molar-refractivity contribution in [1.29, 1.82) is 0 Å². The average molecular weight is 346 g/mol. The van der Waals surface area contributed by atoms with Gasteiger partial charge in [0.05, 0.1) is 17.1 Å². The second-order valence-corrected chi connectivity index (χ2v) is 6.57. The van der Waals surface area contributed by atoms with Gasteiger partial charge in [0.25, 0.3) is 0 Å². The van der Waals surface area contributed by atoms with Crippen LogP contribution >= 0.6 is 11.3 Å². The summed E-state index contributed by atoms with van der Waals surface area (Å²) in [5, 5.41) is 14.3. The highest BCUT2D eigenvalue weighted by molar-refractivity contribution is 7.09. The number of hydrogen-bond acceptors (Lipinski definition) is 4. The van der Waals surface area contributed by atoms with E-state index in [4.69, 9.17) is 5.11 Å². The summed E-state index contributed by atoms with van der Waals surface area (Å²) in [5.74, 6) is -0.807. The highest BCUT2D eigenvalue weighted by Crippen LogP contribution is 2.15. The number of carboxylic acid groups (broad SMARTS) is 1. The van der Waals surface area contributed by atoms with E-state index in [0.717, 1.165) is 30.0 Å². The average Bonchev–Trinajstić information content (AvgIpc) is 2.98. The SMILES string of the molecule is O=C(O)CCCCCNC(=O)Cc1csc(Cc2ccccc2)n1. The highest BCUT2D eigenvalue weighted by Gasteiger charge is 2.08. The van der Waals surface area contributed by atoms with Gasteiger partial charge in [0.1, 0.15) is 0 Å². The summed E-state index contributed by atoms with van der Waals surface area (Å²) >= 11 is 1.58. The molecule has 1 aromatic heterocycles. The van der Waals surface area contributed by atoms with Crippen molar-refractivity contribution >= 4 is 23.2 Å². The molecule has 2 aromatic rings. The van der Waals surface area contributed by atoms with Gasteiger partial charge in [-0.25, -0.2) is 4.98 Å². The molecule has 0 fully saturated rings. The molecule has 6 heteroatoms. The lowest BCUT2D eigenvalue weighted by molar-refractivity contribution is -0.137. The Morgan fingerprint density at radius 1 is 1.12 bits per heavy atom. The predicted octanol–water partition coefficient (Wildman–Crippen LogP) is 3.04. The Kier molecular flexibility index (Phi) is 7.42. The molecule has 0 atom stereocenters. The molecule has 0 aliphatic rings. The van der Waals surface area contributed by atoms with E-state index < -0.39 is 5.97 Å². The van der Waals surface area contributed by atoms with Crippen LogP contribution in [-0.4, -0.2) is 28.5 Å². The quantitative estimate of drug-likeness (QED) is 0.648. The fourth-order valence-electron chi connectivity index (χ4n) is 2.31. The number of amides is 1. The lowest BCUT2D eigenvalue weighted by Gasteiger charge is -2.03. The summed E-state index contributed by atoms with van der Waals surface area (Å²) in [5.41, 5.74) is 2.01. The third kappa shape index (κ3) is 6.91. The summed E-state index contributed by atoms with van der Waals surface area (Å²) in [7, 11) is 0. The first-order chi connectivity index (χ1) is 11.6. The van der Waals surface area contributed by atoms with E-state index in [1.54, 1.807) is 11.3 Å². The fraction of sp³-hybridized carbons (Fsp3) is 0.389. The van der Waals surface area contributed by atoms with E-state index >= 15 is 0 Å². The van der Waals surface area contributed by atoms with E-state index in [2.05, 4.69) is 22.4 Å². The zero-order valence-corrected chi connectivity index (χ0v) is 14.3. The monoisotopic (exact) mass is 346 g/mol. The molecule has 24 heavy (non-hydrogen) atoms. The minimum absolute atomic E-state index is 0.0372. The maximum atomic E-state index is 11.9. The number of nitrogens with zero attached hydrogens (tertiary/aromatic N) is 1. The molecule has 128 valence electrons. The molecule has 0 bridgehead atoms. The summed E-state index contributed by atoms with van der Waals surface area (Å²) in [6, 6.07) is 10.1. The Labute approximate surface area is 145 Å². The van der Waals surface area contributed by atoms with Gasteiger partial charge in [0, 0.05) is 24.8 Å². The van der Waals surface area contributed by atoms with Crippen LogP contribution < -0.4 is 5.32 Å². The molecule has 1 amide bonds. The van der Waals surface area contributed by atoms with Gasteiger partial charge in [-0.15, -0.1) is 11.3 Å². The minimum Gasteiger partial charge on any atom is -0.481 e.